The minimum atomic E-state index is -0.899. The van der Waals surface area contributed by atoms with Crippen LogP contribution in [0.25, 0.3) is 0 Å². The Morgan fingerprint density at radius 3 is 2.62 bits per heavy atom. The fourth-order valence-electron chi connectivity index (χ4n) is 3.81. The summed E-state index contributed by atoms with van der Waals surface area (Å²) in [6.07, 6.45) is 2.73. The van der Waals surface area contributed by atoms with Gasteiger partial charge in [-0.2, -0.15) is 5.26 Å². The highest BCUT2D eigenvalue weighted by atomic mass is 16.6. The lowest BCUT2D eigenvalue weighted by Gasteiger charge is -2.26. The summed E-state index contributed by atoms with van der Waals surface area (Å²) in [4.78, 5) is 50.5. The van der Waals surface area contributed by atoms with Crippen LogP contribution >= 0.6 is 0 Å². The number of amides is 3. The third kappa shape index (κ3) is 7.90. The molecule has 0 aromatic carbocycles. The third-order valence-corrected chi connectivity index (χ3v) is 5.34. The number of aromatic nitrogens is 1. The first-order valence-electron chi connectivity index (χ1n) is 11.6. The summed E-state index contributed by atoms with van der Waals surface area (Å²) < 4.78 is 6.46. The maximum atomic E-state index is 13.2. The molecule has 0 unspecified atom stereocenters. The molecule has 0 aliphatic carbocycles. The zero-order valence-corrected chi connectivity index (χ0v) is 20.5. The second kappa shape index (κ2) is 11.7. The number of anilines is 1. The molecule has 186 valence electrons. The van der Waals surface area contributed by atoms with E-state index in [9.17, 15) is 24.4 Å². The largest absolute Gasteiger partial charge is 0.444 e. The van der Waals surface area contributed by atoms with Crippen LogP contribution in [0.3, 0.4) is 0 Å². The summed E-state index contributed by atoms with van der Waals surface area (Å²) in [5, 5.41) is 17.5. The van der Waals surface area contributed by atoms with Crippen LogP contribution < -0.4 is 21.5 Å². The number of piperidine rings is 1. The number of rotatable bonds is 8. The van der Waals surface area contributed by atoms with E-state index in [2.05, 4.69) is 22.0 Å². The molecule has 3 amide bonds. The van der Waals surface area contributed by atoms with Crippen molar-refractivity contribution in [2.45, 2.75) is 78.0 Å². The van der Waals surface area contributed by atoms with Gasteiger partial charge in [0.25, 0.3) is 5.56 Å². The predicted molar refractivity (Wildman–Crippen MR) is 127 cm³/mol. The average molecular weight is 474 g/mol. The molecular weight excluding hydrogens is 438 g/mol. The van der Waals surface area contributed by atoms with E-state index in [0.717, 1.165) is 6.42 Å². The molecular formula is C24H35N5O5. The third-order valence-electron chi connectivity index (χ3n) is 5.34. The molecule has 1 aromatic rings. The van der Waals surface area contributed by atoms with Gasteiger partial charge in [0, 0.05) is 18.7 Å². The van der Waals surface area contributed by atoms with E-state index in [1.54, 1.807) is 26.8 Å². The van der Waals surface area contributed by atoms with E-state index in [-0.39, 0.29) is 29.9 Å². The molecule has 34 heavy (non-hydrogen) atoms. The van der Waals surface area contributed by atoms with Gasteiger partial charge in [-0.15, -0.1) is 0 Å². The summed E-state index contributed by atoms with van der Waals surface area (Å²) in [5.74, 6) is -0.884. The van der Waals surface area contributed by atoms with Gasteiger partial charge in [0.15, 0.2) is 0 Å². The van der Waals surface area contributed by atoms with Crippen LogP contribution in [0.4, 0.5) is 10.5 Å². The molecule has 0 spiro atoms. The summed E-state index contributed by atoms with van der Waals surface area (Å²) in [6, 6.07) is 3.29. The molecule has 1 aromatic heterocycles. The molecule has 1 saturated heterocycles. The molecule has 10 heteroatoms. The first kappa shape index (κ1) is 26.9. The second-order valence-electron chi connectivity index (χ2n) is 9.96. The van der Waals surface area contributed by atoms with Crippen LogP contribution in [-0.2, 0) is 14.3 Å². The smallest absolute Gasteiger partial charge is 0.412 e. The Hall–Kier alpha value is -3.35. The van der Waals surface area contributed by atoms with E-state index in [0.29, 0.717) is 19.4 Å². The van der Waals surface area contributed by atoms with Crippen LogP contribution in [0.5, 0.6) is 0 Å². The fourth-order valence-corrected chi connectivity index (χ4v) is 3.81. The molecule has 0 radical (unpaired) electrons. The minimum Gasteiger partial charge on any atom is -0.444 e. The lowest BCUT2D eigenvalue weighted by molar-refractivity contribution is -0.128. The number of carbonyl (C=O) groups is 3. The predicted octanol–water partition coefficient (Wildman–Crippen LogP) is 2.71. The van der Waals surface area contributed by atoms with Crippen molar-refractivity contribution in [2.24, 2.45) is 11.8 Å². The van der Waals surface area contributed by atoms with E-state index in [1.807, 2.05) is 13.8 Å². The summed E-state index contributed by atoms with van der Waals surface area (Å²) in [7, 11) is 0. The van der Waals surface area contributed by atoms with Gasteiger partial charge in [0.05, 0.1) is 6.07 Å². The summed E-state index contributed by atoms with van der Waals surface area (Å²) >= 11 is 0. The molecule has 10 nitrogen and oxygen atoms in total. The molecule has 1 fully saturated rings. The van der Waals surface area contributed by atoms with Gasteiger partial charge in [-0.05, 0) is 64.5 Å². The average Bonchev–Trinajstić information content (AvgIpc) is 2.73. The Morgan fingerprint density at radius 2 is 2.03 bits per heavy atom. The number of hydrogen-bond donors (Lipinski definition) is 3. The fraction of sp³-hybridized carbons (Fsp3) is 0.625. The van der Waals surface area contributed by atoms with Crippen molar-refractivity contribution in [3.8, 4) is 6.07 Å². The normalized spacial score (nSPS) is 17.8. The van der Waals surface area contributed by atoms with E-state index in [4.69, 9.17) is 4.74 Å². The van der Waals surface area contributed by atoms with Crippen LogP contribution in [0, 0.1) is 23.2 Å². The zero-order chi connectivity index (χ0) is 25.5. The van der Waals surface area contributed by atoms with Crippen LogP contribution in [0.2, 0.25) is 0 Å². The van der Waals surface area contributed by atoms with E-state index in [1.165, 1.54) is 16.8 Å². The number of carbonyl (C=O) groups excluding carboxylic acids is 3. The highest BCUT2D eigenvalue weighted by Crippen LogP contribution is 2.20. The minimum absolute atomic E-state index is 0.0194. The molecule has 3 N–H and O–H groups in total. The molecule has 0 saturated carbocycles. The summed E-state index contributed by atoms with van der Waals surface area (Å²) in [5.41, 5.74) is -1.32. The van der Waals surface area contributed by atoms with Crippen molar-refractivity contribution >= 4 is 23.6 Å². The van der Waals surface area contributed by atoms with Crippen molar-refractivity contribution in [1.29, 1.82) is 5.26 Å². The Balaban J connectivity index is 2.23. The Bertz CT molecular complexity index is 989. The standard InChI is InChI=1S/C24H35N5O5/c1-15(2)12-19(21(31)27-17(14-25)13-16-8-6-10-26-20(16)30)29-11-7-9-18(22(29)32)28-23(33)34-24(3,4)5/h7,9,11,15-17,19H,6,8,10,12-13H2,1-5H3,(H,26,30)(H,27,31)(H,28,33)/t16-,17-,19-/m0/s1. The number of nitrogens with one attached hydrogen (secondary N) is 3. The Labute approximate surface area is 200 Å². The van der Waals surface area contributed by atoms with Crippen LogP contribution in [0.1, 0.15) is 66.3 Å². The van der Waals surface area contributed by atoms with Crippen molar-refractivity contribution < 1.29 is 19.1 Å². The number of ether oxygens (including phenoxy) is 1. The van der Waals surface area contributed by atoms with Gasteiger partial charge in [-0.3, -0.25) is 19.7 Å². The highest BCUT2D eigenvalue weighted by Gasteiger charge is 2.30. The Morgan fingerprint density at radius 1 is 1.32 bits per heavy atom. The molecule has 3 atom stereocenters. The maximum absolute atomic E-state index is 13.2. The number of nitriles is 1. The molecule has 1 aliphatic heterocycles. The van der Waals surface area contributed by atoms with Crippen molar-refractivity contribution in [2.75, 3.05) is 11.9 Å². The second-order valence-corrected chi connectivity index (χ2v) is 9.96. The van der Waals surface area contributed by atoms with Crippen molar-refractivity contribution in [3.63, 3.8) is 0 Å². The molecule has 2 heterocycles. The first-order valence-corrected chi connectivity index (χ1v) is 11.6. The van der Waals surface area contributed by atoms with Gasteiger partial charge in [-0.1, -0.05) is 13.8 Å². The van der Waals surface area contributed by atoms with E-state index < -0.39 is 35.2 Å². The quantitative estimate of drug-likeness (QED) is 0.530. The monoisotopic (exact) mass is 473 g/mol. The van der Waals surface area contributed by atoms with Gasteiger partial charge in [0.1, 0.15) is 23.4 Å². The molecule has 1 aliphatic rings. The topological polar surface area (TPSA) is 142 Å². The summed E-state index contributed by atoms with van der Waals surface area (Å²) in [6.45, 7) is 9.58. The van der Waals surface area contributed by atoms with Gasteiger partial charge in [-0.25, -0.2) is 4.79 Å². The SMILES string of the molecule is CC(C)C[C@@H](C(=O)N[C@H](C#N)C[C@@H]1CCCNC1=O)n1cccc(NC(=O)OC(C)(C)C)c1=O. The Kier molecular flexibility index (Phi) is 9.24. The number of nitrogens with zero attached hydrogens (tertiary/aromatic N) is 2. The van der Waals surface area contributed by atoms with Crippen LogP contribution in [-0.4, -0.2) is 40.7 Å². The van der Waals surface area contributed by atoms with Gasteiger partial charge < -0.3 is 19.9 Å². The number of hydrogen-bond acceptors (Lipinski definition) is 6. The highest BCUT2D eigenvalue weighted by molar-refractivity contribution is 5.85. The maximum Gasteiger partial charge on any atom is 0.412 e. The van der Waals surface area contributed by atoms with Crippen molar-refractivity contribution in [3.05, 3.63) is 28.7 Å². The van der Waals surface area contributed by atoms with Gasteiger partial charge >= 0.3 is 6.09 Å². The van der Waals surface area contributed by atoms with Crippen LogP contribution in [0.15, 0.2) is 23.1 Å². The number of pyridine rings is 1. The van der Waals surface area contributed by atoms with Gasteiger partial charge in [0.2, 0.25) is 11.8 Å². The molecule has 2 rings (SSSR count). The zero-order valence-electron chi connectivity index (χ0n) is 20.5. The first-order chi connectivity index (χ1) is 15.9. The van der Waals surface area contributed by atoms with E-state index >= 15 is 0 Å². The lowest BCUT2D eigenvalue weighted by Crippen LogP contribution is -2.45. The lowest BCUT2D eigenvalue weighted by atomic mass is 9.91. The van der Waals surface area contributed by atoms with Crippen molar-refractivity contribution in [1.82, 2.24) is 15.2 Å². The molecule has 0 bridgehead atoms.